The molecule has 2 aliphatic carbocycles. The Morgan fingerprint density at radius 1 is 1.08 bits per heavy atom. The Balaban J connectivity index is 2.20. The van der Waals surface area contributed by atoms with Gasteiger partial charge in [0.15, 0.2) is 0 Å². The third kappa shape index (κ3) is 0.752. The highest BCUT2D eigenvalue weighted by Gasteiger charge is 2.26. The summed E-state index contributed by atoms with van der Waals surface area (Å²) in [6.45, 7) is 4.05. The molecule has 2 aliphatic rings. The first-order valence-electron chi connectivity index (χ1n) is 4.56. The van der Waals surface area contributed by atoms with Gasteiger partial charge in [-0.15, -0.1) is 0 Å². The molecule has 0 spiro atoms. The van der Waals surface area contributed by atoms with E-state index in [1.807, 2.05) is 0 Å². The van der Waals surface area contributed by atoms with Gasteiger partial charge in [0.2, 0.25) is 0 Å². The van der Waals surface area contributed by atoms with Crippen molar-refractivity contribution in [3.63, 3.8) is 0 Å². The Labute approximate surface area is 77.9 Å². The average molecular weight is 166 g/mol. The van der Waals surface area contributed by atoms with E-state index in [0.717, 1.165) is 6.42 Å². The Bertz CT molecular complexity index is 459. The normalized spacial score (nSPS) is 18.0. The van der Waals surface area contributed by atoms with Gasteiger partial charge in [-0.05, 0) is 34.3 Å². The minimum atomic E-state index is 1.07. The van der Waals surface area contributed by atoms with Crippen LogP contribution in [0, 0.1) is 0 Å². The lowest BCUT2D eigenvalue weighted by Gasteiger charge is -2.30. The van der Waals surface area contributed by atoms with E-state index in [1.54, 1.807) is 0 Å². The monoisotopic (exact) mass is 166 g/mol. The van der Waals surface area contributed by atoms with Crippen molar-refractivity contribution in [2.24, 2.45) is 0 Å². The second-order valence-corrected chi connectivity index (χ2v) is 3.53. The van der Waals surface area contributed by atoms with Crippen LogP contribution in [-0.2, 0) is 0 Å². The highest BCUT2D eigenvalue weighted by atomic mass is 14.3. The maximum Gasteiger partial charge on any atom is -0.00699 e. The number of hydrogen-bond donors (Lipinski definition) is 0. The van der Waals surface area contributed by atoms with E-state index in [1.165, 1.54) is 27.8 Å². The Morgan fingerprint density at radius 2 is 1.85 bits per heavy atom. The molecule has 62 valence electrons. The van der Waals surface area contributed by atoms with Crippen LogP contribution >= 0.6 is 0 Å². The molecule has 13 heavy (non-hydrogen) atoms. The molecular formula is C13H10. The average Bonchev–Trinajstić information content (AvgIpc) is 2.14. The van der Waals surface area contributed by atoms with Gasteiger partial charge in [-0.1, -0.05) is 43.0 Å². The topological polar surface area (TPSA) is 0 Å². The molecule has 0 aliphatic heterocycles. The largest absolute Gasteiger partial charge is 0.0911 e. The van der Waals surface area contributed by atoms with Crippen LogP contribution in [0.2, 0.25) is 0 Å². The van der Waals surface area contributed by atoms with Crippen LogP contribution in [0.3, 0.4) is 0 Å². The summed E-state index contributed by atoms with van der Waals surface area (Å²) in [5.74, 6) is 0. The molecule has 0 saturated carbocycles. The minimum Gasteiger partial charge on any atom is -0.0911 e. The van der Waals surface area contributed by atoms with Gasteiger partial charge in [0.05, 0.1) is 0 Å². The van der Waals surface area contributed by atoms with E-state index >= 15 is 0 Å². The summed E-state index contributed by atoms with van der Waals surface area (Å²) in [5, 5.41) is 0. The molecule has 0 amide bonds. The maximum atomic E-state index is 4.05. The van der Waals surface area contributed by atoms with Gasteiger partial charge >= 0.3 is 0 Å². The summed E-state index contributed by atoms with van der Waals surface area (Å²) in [6, 6.07) is 8.57. The first kappa shape index (κ1) is 6.90. The van der Waals surface area contributed by atoms with Crippen LogP contribution < -0.4 is 0 Å². The fraction of sp³-hybridized carbons (Fsp3) is 0.0769. The van der Waals surface area contributed by atoms with E-state index in [4.69, 9.17) is 0 Å². The molecule has 0 heteroatoms. The molecule has 0 unspecified atom stereocenters. The fourth-order valence-corrected chi connectivity index (χ4v) is 2.18. The first-order valence-corrected chi connectivity index (χ1v) is 4.56. The zero-order chi connectivity index (χ0) is 8.84. The van der Waals surface area contributed by atoms with Crippen molar-refractivity contribution in [1.29, 1.82) is 0 Å². The van der Waals surface area contributed by atoms with Crippen LogP contribution in [0.5, 0.6) is 0 Å². The summed E-state index contributed by atoms with van der Waals surface area (Å²) < 4.78 is 0. The van der Waals surface area contributed by atoms with E-state index in [-0.39, 0.29) is 0 Å². The standard InChI is InChI=1S/C13H10/c1-9-5-4-8-12-10-6-2-3-7-11(10)13(9)12/h2-7H,1,8H2. The van der Waals surface area contributed by atoms with Crippen molar-refractivity contribution >= 4 is 11.1 Å². The van der Waals surface area contributed by atoms with Crippen molar-refractivity contribution in [2.45, 2.75) is 6.42 Å². The van der Waals surface area contributed by atoms with Gasteiger partial charge in [-0.3, -0.25) is 0 Å². The second-order valence-electron chi connectivity index (χ2n) is 3.53. The summed E-state index contributed by atoms with van der Waals surface area (Å²) in [4.78, 5) is 0. The van der Waals surface area contributed by atoms with Crippen molar-refractivity contribution < 1.29 is 0 Å². The summed E-state index contributed by atoms with van der Waals surface area (Å²) in [6.07, 6.45) is 5.39. The molecule has 1 aromatic rings. The van der Waals surface area contributed by atoms with Crippen molar-refractivity contribution in [1.82, 2.24) is 0 Å². The van der Waals surface area contributed by atoms with Crippen LogP contribution in [0.25, 0.3) is 11.1 Å². The molecule has 0 aromatic heterocycles. The van der Waals surface area contributed by atoms with Crippen LogP contribution in [0.15, 0.2) is 48.6 Å². The van der Waals surface area contributed by atoms with Gasteiger partial charge < -0.3 is 0 Å². The third-order valence-electron chi connectivity index (χ3n) is 2.79. The predicted molar refractivity (Wildman–Crippen MR) is 56.2 cm³/mol. The molecular weight excluding hydrogens is 156 g/mol. The van der Waals surface area contributed by atoms with Gasteiger partial charge in [0.1, 0.15) is 0 Å². The lowest BCUT2D eigenvalue weighted by molar-refractivity contribution is 1.29. The van der Waals surface area contributed by atoms with E-state index in [2.05, 4.69) is 43.0 Å². The Morgan fingerprint density at radius 3 is 2.69 bits per heavy atom. The first-order chi connectivity index (χ1) is 6.38. The number of rotatable bonds is 0. The van der Waals surface area contributed by atoms with Crippen LogP contribution in [-0.4, -0.2) is 0 Å². The third-order valence-corrected chi connectivity index (χ3v) is 2.79. The minimum absolute atomic E-state index is 1.07. The van der Waals surface area contributed by atoms with Crippen molar-refractivity contribution in [2.75, 3.05) is 0 Å². The SMILES string of the molecule is C=C1C=CCC2=C1c1ccccc12. The molecule has 0 atom stereocenters. The summed E-state index contributed by atoms with van der Waals surface area (Å²) >= 11 is 0. The van der Waals surface area contributed by atoms with Gasteiger partial charge in [-0.25, -0.2) is 0 Å². The van der Waals surface area contributed by atoms with E-state index < -0.39 is 0 Å². The second kappa shape index (κ2) is 2.23. The molecule has 0 bridgehead atoms. The van der Waals surface area contributed by atoms with Gasteiger partial charge in [0, 0.05) is 0 Å². The highest BCUT2D eigenvalue weighted by Crippen LogP contribution is 2.47. The van der Waals surface area contributed by atoms with Crippen molar-refractivity contribution in [3.05, 3.63) is 59.7 Å². The van der Waals surface area contributed by atoms with Gasteiger partial charge in [-0.2, -0.15) is 0 Å². The van der Waals surface area contributed by atoms with Gasteiger partial charge in [0.25, 0.3) is 0 Å². The highest BCUT2D eigenvalue weighted by molar-refractivity contribution is 6.11. The molecule has 1 aromatic carbocycles. The lowest BCUT2D eigenvalue weighted by atomic mass is 9.74. The smallest absolute Gasteiger partial charge is 0.00699 e. The number of allylic oxidation sites excluding steroid dienone is 5. The molecule has 0 saturated heterocycles. The molecule has 3 rings (SSSR count). The van der Waals surface area contributed by atoms with Crippen molar-refractivity contribution in [3.8, 4) is 0 Å². The zero-order valence-corrected chi connectivity index (χ0v) is 7.38. The summed E-state index contributed by atoms with van der Waals surface area (Å²) in [7, 11) is 0. The van der Waals surface area contributed by atoms with E-state index in [0.29, 0.717) is 0 Å². The maximum absolute atomic E-state index is 4.05. The Hall–Kier alpha value is -1.56. The quantitative estimate of drug-likeness (QED) is 0.554. The molecule has 0 heterocycles. The molecule has 0 nitrogen and oxygen atoms in total. The molecule has 0 fully saturated rings. The van der Waals surface area contributed by atoms with Crippen LogP contribution in [0.1, 0.15) is 17.5 Å². The number of benzene rings is 1. The number of fused-ring (bicyclic) bond motifs is 3. The predicted octanol–water partition coefficient (Wildman–Crippen LogP) is 3.43. The number of hydrogen-bond acceptors (Lipinski definition) is 0. The fourth-order valence-electron chi connectivity index (χ4n) is 2.18. The summed E-state index contributed by atoms with van der Waals surface area (Å²) in [5.41, 5.74) is 6.83. The Kier molecular flexibility index (Phi) is 1.18. The molecule has 0 N–H and O–H groups in total. The molecule has 0 radical (unpaired) electrons. The van der Waals surface area contributed by atoms with E-state index in [9.17, 15) is 0 Å². The lowest BCUT2D eigenvalue weighted by Crippen LogP contribution is -2.09. The van der Waals surface area contributed by atoms with Crippen LogP contribution in [0.4, 0.5) is 0 Å². The zero-order valence-electron chi connectivity index (χ0n) is 7.38.